The Labute approximate surface area is 168 Å². The van der Waals surface area contributed by atoms with Crippen molar-refractivity contribution in [2.45, 2.75) is 19.0 Å². The first kappa shape index (κ1) is 20.7. The molecule has 10 heteroatoms. The van der Waals surface area contributed by atoms with E-state index in [-0.39, 0.29) is 36.0 Å². The number of nitrogens with zero attached hydrogens (tertiary/aromatic N) is 2. The molecule has 1 heterocycles. The number of hydrogen-bond donors (Lipinski definition) is 1. The first-order valence-corrected chi connectivity index (χ1v) is 8.77. The molecule has 1 N–H and O–H groups in total. The number of alkyl halides is 3. The van der Waals surface area contributed by atoms with E-state index in [1.807, 2.05) is 0 Å². The zero-order valence-corrected chi connectivity index (χ0v) is 15.8. The number of hydrogen-bond acceptors (Lipinski definition) is 5. The van der Waals surface area contributed by atoms with Gasteiger partial charge in [-0.2, -0.15) is 18.2 Å². The summed E-state index contributed by atoms with van der Waals surface area (Å²) in [6, 6.07) is 9.43. The lowest BCUT2D eigenvalue weighted by Gasteiger charge is -2.07. The van der Waals surface area contributed by atoms with Crippen molar-refractivity contribution in [3.8, 4) is 17.1 Å². The van der Waals surface area contributed by atoms with Crippen LogP contribution in [0.2, 0.25) is 5.02 Å². The Bertz CT molecular complexity index is 1020. The molecule has 0 bridgehead atoms. The van der Waals surface area contributed by atoms with Crippen LogP contribution in [0.4, 0.5) is 18.9 Å². The van der Waals surface area contributed by atoms with Crippen molar-refractivity contribution in [3.05, 3.63) is 58.9 Å². The van der Waals surface area contributed by atoms with Crippen LogP contribution in [0.25, 0.3) is 11.4 Å². The van der Waals surface area contributed by atoms with E-state index < -0.39 is 11.7 Å². The zero-order valence-electron chi connectivity index (χ0n) is 15.1. The molecule has 0 unspecified atom stereocenters. The van der Waals surface area contributed by atoms with Gasteiger partial charge in [-0.1, -0.05) is 28.9 Å². The molecular formula is C19H15ClF3N3O3. The summed E-state index contributed by atoms with van der Waals surface area (Å²) in [5.41, 5.74) is -0.137. The summed E-state index contributed by atoms with van der Waals surface area (Å²) in [6.07, 6.45) is -4.30. The quantitative estimate of drug-likeness (QED) is 0.602. The van der Waals surface area contributed by atoms with Crippen LogP contribution in [0.5, 0.6) is 5.75 Å². The Balaban J connectivity index is 1.61. The van der Waals surface area contributed by atoms with E-state index in [2.05, 4.69) is 15.5 Å². The largest absolute Gasteiger partial charge is 0.495 e. The third-order valence-electron chi connectivity index (χ3n) is 3.92. The van der Waals surface area contributed by atoms with Gasteiger partial charge in [0.25, 0.3) is 0 Å². The Kier molecular flexibility index (Phi) is 6.07. The summed E-state index contributed by atoms with van der Waals surface area (Å²) in [4.78, 5) is 16.1. The van der Waals surface area contributed by atoms with Gasteiger partial charge >= 0.3 is 6.18 Å². The van der Waals surface area contributed by atoms with Crippen LogP contribution >= 0.6 is 11.6 Å². The molecule has 1 aromatic heterocycles. The SMILES string of the molecule is COc1ccc(NC(=O)CCc2nc(-c3cccc(C(F)(F)F)c3)no2)cc1Cl. The van der Waals surface area contributed by atoms with Gasteiger partial charge in [-0.3, -0.25) is 4.79 Å². The average molecular weight is 426 g/mol. The second kappa shape index (κ2) is 8.52. The molecule has 1 amide bonds. The van der Waals surface area contributed by atoms with E-state index in [0.717, 1.165) is 12.1 Å². The van der Waals surface area contributed by atoms with Gasteiger partial charge in [-0.15, -0.1) is 0 Å². The first-order valence-electron chi connectivity index (χ1n) is 8.40. The van der Waals surface area contributed by atoms with Gasteiger partial charge < -0.3 is 14.6 Å². The fourth-order valence-corrected chi connectivity index (χ4v) is 2.75. The highest BCUT2D eigenvalue weighted by Gasteiger charge is 2.30. The van der Waals surface area contributed by atoms with Crippen molar-refractivity contribution in [2.24, 2.45) is 0 Å². The molecule has 0 spiro atoms. The Morgan fingerprint density at radius 3 is 2.72 bits per heavy atom. The standard InChI is InChI=1S/C19H15ClF3N3O3/c1-28-15-6-5-13(10-14(15)20)24-16(27)7-8-17-25-18(26-29-17)11-3-2-4-12(9-11)19(21,22)23/h2-6,9-10H,7-8H2,1H3,(H,24,27). The average Bonchev–Trinajstić information content (AvgIpc) is 3.15. The van der Waals surface area contributed by atoms with Crippen LogP contribution in [-0.2, 0) is 17.4 Å². The summed E-state index contributed by atoms with van der Waals surface area (Å²) in [6.45, 7) is 0. The number of carbonyl (C=O) groups is 1. The van der Waals surface area contributed by atoms with E-state index in [4.69, 9.17) is 20.9 Å². The molecule has 152 valence electrons. The maximum Gasteiger partial charge on any atom is 0.416 e. The van der Waals surface area contributed by atoms with E-state index >= 15 is 0 Å². The Hall–Kier alpha value is -3.07. The number of anilines is 1. The fourth-order valence-electron chi connectivity index (χ4n) is 2.50. The monoisotopic (exact) mass is 425 g/mol. The number of halogens is 4. The number of aryl methyl sites for hydroxylation is 1. The predicted octanol–water partition coefficient (Wildman–Crippen LogP) is 4.99. The number of methoxy groups -OCH3 is 1. The molecule has 0 aliphatic carbocycles. The number of aromatic nitrogens is 2. The number of amides is 1. The number of ether oxygens (including phenoxy) is 1. The van der Waals surface area contributed by atoms with Gasteiger partial charge in [0.2, 0.25) is 17.6 Å². The van der Waals surface area contributed by atoms with Crippen LogP contribution in [0.1, 0.15) is 17.9 Å². The molecule has 3 rings (SSSR count). The molecule has 0 fully saturated rings. The Morgan fingerprint density at radius 2 is 2.03 bits per heavy atom. The third-order valence-corrected chi connectivity index (χ3v) is 4.21. The minimum atomic E-state index is -4.47. The Morgan fingerprint density at radius 1 is 1.24 bits per heavy atom. The molecule has 0 atom stereocenters. The van der Waals surface area contributed by atoms with Gasteiger partial charge in [-0.05, 0) is 30.3 Å². The summed E-state index contributed by atoms with van der Waals surface area (Å²) in [7, 11) is 1.48. The van der Waals surface area contributed by atoms with Crippen LogP contribution in [-0.4, -0.2) is 23.2 Å². The molecule has 2 aromatic carbocycles. The van der Waals surface area contributed by atoms with E-state index in [1.165, 1.54) is 19.2 Å². The summed E-state index contributed by atoms with van der Waals surface area (Å²) < 4.78 is 48.5. The molecule has 29 heavy (non-hydrogen) atoms. The molecule has 0 aliphatic heterocycles. The summed E-state index contributed by atoms with van der Waals surface area (Å²) >= 11 is 6.01. The van der Waals surface area contributed by atoms with Crippen LogP contribution in [0.3, 0.4) is 0 Å². The van der Waals surface area contributed by atoms with Gasteiger partial charge in [0.05, 0.1) is 17.7 Å². The normalized spacial score (nSPS) is 11.3. The molecule has 0 radical (unpaired) electrons. The lowest BCUT2D eigenvalue weighted by atomic mass is 10.1. The number of nitrogens with one attached hydrogen (secondary N) is 1. The molecule has 3 aromatic rings. The highest BCUT2D eigenvalue weighted by atomic mass is 35.5. The highest BCUT2D eigenvalue weighted by Crippen LogP contribution is 2.31. The van der Waals surface area contributed by atoms with Crippen LogP contribution in [0.15, 0.2) is 47.0 Å². The van der Waals surface area contributed by atoms with Crippen molar-refractivity contribution >= 4 is 23.2 Å². The summed E-state index contributed by atoms with van der Waals surface area (Å²) in [5.74, 6) is 0.330. The van der Waals surface area contributed by atoms with E-state index in [0.29, 0.717) is 16.5 Å². The smallest absolute Gasteiger partial charge is 0.416 e. The van der Waals surface area contributed by atoms with Crippen molar-refractivity contribution in [3.63, 3.8) is 0 Å². The minimum Gasteiger partial charge on any atom is -0.495 e. The second-order valence-electron chi connectivity index (χ2n) is 5.99. The maximum absolute atomic E-state index is 12.8. The first-order chi connectivity index (χ1) is 13.8. The van der Waals surface area contributed by atoms with Gasteiger partial charge in [0, 0.05) is 24.1 Å². The van der Waals surface area contributed by atoms with Crippen LogP contribution < -0.4 is 10.1 Å². The fraction of sp³-hybridized carbons (Fsp3) is 0.211. The van der Waals surface area contributed by atoms with E-state index in [1.54, 1.807) is 18.2 Å². The lowest BCUT2D eigenvalue weighted by Crippen LogP contribution is -2.12. The molecular weight excluding hydrogens is 411 g/mol. The zero-order chi connectivity index (χ0) is 21.0. The van der Waals surface area contributed by atoms with Crippen molar-refractivity contribution in [2.75, 3.05) is 12.4 Å². The third kappa shape index (κ3) is 5.26. The van der Waals surface area contributed by atoms with Crippen molar-refractivity contribution < 1.29 is 27.2 Å². The molecule has 6 nitrogen and oxygen atoms in total. The van der Waals surface area contributed by atoms with Gasteiger partial charge in [0.15, 0.2) is 0 Å². The number of carbonyl (C=O) groups excluding carboxylic acids is 1. The van der Waals surface area contributed by atoms with Gasteiger partial charge in [-0.25, -0.2) is 0 Å². The summed E-state index contributed by atoms with van der Waals surface area (Å²) in [5, 5.41) is 6.71. The van der Waals surface area contributed by atoms with Gasteiger partial charge in [0.1, 0.15) is 5.75 Å². The maximum atomic E-state index is 12.8. The van der Waals surface area contributed by atoms with Crippen molar-refractivity contribution in [1.82, 2.24) is 10.1 Å². The van der Waals surface area contributed by atoms with Crippen LogP contribution in [0, 0.1) is 0 Å². The predicted molar refractivity (Wildman–Crippen MR) is 99.7 cm³/mol. The second-order valence-corrected chi connectivity index (χ2v) is 6.39. The lowest BCUT2D eigenvalue weighted by molar-refractivity contribution is -0.137. The molecule has 0 aliphatic rings. The topological polar surface area (TPSA) is 77.2 Å². The number of benzene rings is 2. The van der Waals surface area contributed by atoms with E-state index in [9.17, 15) is 18.0 Å². The molecule has 0 saturated heterocycles. The number of rotatable bonds is 6. The highest BCUT2D eigenvalue weighted by molar-refractivity contribution is 6.32. The minimum absolute atomic E-state index is 0.0217. The molecule has 0 saturated carbocycles. The van der Waals surface area contributed by atoms with Crippen molar-refractivity contribution in [1.29, 1.82) is 0 Å².